The molecule has 0 saturated heterocycles. The number of nitrogens with zero attached hydrogens (tertiary/aromatic N) is 1. The third kappa shape index (κ3) is 5.65. The molecule has 1 atom stereocenters. The van der Waals surface area contributed by atoms with Gasteiger partial charge in [0.2, 0.25) is 10.0 Å². The molecule has 0 spiro atoms. The van der Waals surface area contributed by atoms with Gasteiger partial charge in [0.05, 0.1) is 23.5 Å². The maximum Gasteiger partial charge on any atom is 0.293 e. The SMILES string of the molecule is COC[C@@H](C)NS(=O)(=O)c1ccc(NCc2ccc(OC)cc2)c([N+](=O)[O-])c1. The lowest BCUT2D eigenvalue weighted by Gasteiger charge is -2.14. The van der Waals surface area contributed by atoms with Crippen LogP contribution in [0.25, 0.3) is 0 Å². The molecule has 9 nitrogen and oxygen atoms in total. The molecule has 2 N–H and O–H groups in total. The summed E-state index contributed by atoms with van der Waals surface area (Å²) in [5, 5.41) is 14.4. The molecule has 0 saturated carbocycles. The summed E-state index contributed by atoms with van der Waals surface area (Å²) in [5.74, 6) is 0.708. The van der Waals surface area contributed by atoms with E-state index in [1.165, 1.54) is 19.2 Å². The van der Waals surface area contributed by atoms with Crippen LogP contribution in [0.3, 0.4) is 0 Å². The third-order valence-electron chi connectivity index (χ3n) is 3.89. The molecule has 2 rings (SSSR count). The predicted octanol–water partition coefficient (Wildman–Crippen LogP) is 2.53. The quantitative estimate of drug-likeness (QED) is 0.457. The molecule has 0 heterocycles. The Morgan fingerprint density at radius 2 is 1.82 bits per heavy atom. The Balaban J connectivity index is 2.21. The number of hydrogen-bond acceptors (Lipinski definition) is 7. The summed E-state index contributed by atoms with van der Waals surface area (Å²) in [5.41, 5.74) is 0.794. The van der Waals surface area contributed by atoms with Crippen LogP contribution in [-0.4, -0.2) is 40.2 Å². The van der Waals surface area contributed by atoms with Crippen LogP contribution in [0.2, 0.25) is 0 Å². The molecule has 0 aliphatic heterocycles. The standard InChI is InChI=1S/C18H23N3O6S/c1-13(12-26-2)20-28(24,25)16-8-9-17(18(10-16)21(22)23)19-11-14-4-6-15(27-3)7-5-14/h4-10,13,19-20H,11-12H2,1-3H3/t13-/m1/s1. The Morgan fingerprint density at radius 1 is 1.14 bits per heavy atom. The van der Waals surface area contributed by atoms with Crippen LogP contribution in [0.15, 0.2) is 47.4 Å². The molecular formula is C18H23N3O6S. The van der Waals surface area contributed by atoms with Gasteiger partial charge in [0, 0.05) is 25.8 Å². The molecule has 0 aliphatic rings. The molecule has 0 radical (unpaired) electrons. The van der Waals surface area contributed by atoms with E-state index in [-0.39, 0.29) is 22.9 Å². The summed E-state index contributed by atoms with van der Waals surface area (Å²) in [7, 11) is -0.882. The van der Waals surface area contributed by atoms with Crippen molar-refractivity contribution in [2.75, 3.05) is 26.1 Å². The van der Waals surface area contributed by atoms with Crippen molar-refractivity contribution in [2.24, 2.45) is 0 Å². The molecule has 0 unspecified atom stereocenters. The Morgan fingerprint density at radius 3 is 2.39 bits per heavy atom. The van der Waals surface area contributed by atoms with Gasteiger partial charge >= 0.3 is 0 Å². The van der Waals surface area contributed by atoms with Crippen molar-refractivity contribution in [2.45, 2.75) is 24.4 Å². The van der Waals surface area contributed by atoms with Crippen LogP contribution in [0, 0.1) is 10.1 Å². The van der Waals surface area contributed by atoms with E-state index in [2.05, 4.69) is 10.0 Å². The molecule has 0 aliphatic carbocycles. The van der Waals surface area contributed by atoms with Crippen LogP contribution in [0.1, 0.15) is 12.5 Å². The fraction of sp³-hybridized carbons (Fsp3) is 0.333. The highest BCUT2D eigenvalue weighted by molar-refractivity contribution is 7.89. The average Bonchev–Trinajstić information content (AvgIpc) is 2.66. The van der Waals surface area contributed by atoms with E-state index >= 15 is 0 Å². The van der Waals surface area contributed by atoms with Gasteiger partial charge in [-0.25, -0.2) is 13.1 Å². The highest BCUT2D eigenvalue weighted by atomic mass is 32.2. The number of methoxy groups -OCH3 is 2. The van der Waals surface area contributed by atoms with Crippen molar-refractivity contribution in [1.82, 2.24) is 4.72 Å². The molecule has 0 fully saturated rings. The van der Waals surface area contributed by atoms with E-state index < -0.39 is 21.0 Å². The van der Waals surface area contributed by atoms with E-state index in [0.29, 0.717) is 12.3 Å². The summed E-state index contributed by atoms with van der Waals surface area (Å²) in [6, 6.07) is 10.5. The first kappa shape index (κ1) is 21.6. The minimum Gasteiger partial charge on any atom is -0.497 e. The smallest absolute Gasteiger partial charge is 0.293 e. The van der Waals surface area contributed by atoms with E-state index in [1.54, 1.807) is 26.2 Å². The van der Waals surface area contributed by atoms with E-state index in [4.69, 9.17) is 9.47 Å². The monoisotopic (exact) mass is 409 g/mol. The number of anilines is 1. The molecule has 0 amide bonds. The van der Waals surface area contributed by atoms with Crippen molar-refractivity contribution in [3.05, 3.63) is 58.1 Å². The number of ether oxygens (including phenoxy) is 2. The number of benzene rings is 2. The first-order valence-electron chi connectivity index (χ1n) is 8.43. The first-order chi connectivity index (χ1) is 13.3. The van der Waals surface area contributed by atoms with E-state index in [9.17, 15) is 18.5 Å². The lowest BCUT2D eigenvalue weighted by Crippen LogP contribution is -2.35. The topological polar surface area (TPSA) is 120 Å². The maximum atomic E-state index is 12.4. The van der Waals surface area contributed by atoms with Crippen LogP contribution in [-0.2, 0) is 21.3 Å². The van der Waals surface area contributed by atoms with Crippen LogP contribution in [0.5, 0.6) is 5.75 Å². The molecule has 152 valence electrons. The Bertz CT molecular complexity index is 915. The highest BCUT2D eigenvalue weighted by Gasteiger charge is 2.23. The van der Waals surface area contributed by atoms with Gasteiger partial charge in [-0.05, 0) is 36.8 Å². The van der Waals surface area contributed by atoms with Gasteiger partial charge in [-0.15, -0.1) is 0 Å². The Hall–Kier alpha value is -2.69. The van der Waals surface area contributed by atoms with Gasteiger partial charge in [-0.2, -0.15) is 0 Å². The summed E-state index contributed by atoms with van der Waals surface area (Å²) in [6.07, 6.45) is 0. The zero-order valence-electron chi connectivity index (χ0n) is 15.8. The molecule has 10 heteroatoms. The van der Waals surface area contributed by atoms with Crippen molar-refractivity contribution in [3.8, 4) is 5.75 Å². The van der Waals surface area contributed by atoms with Gasteiger partial charge in [0.15, 0.2) is 0 Å². The molecule has 28 heavy (non-hydrogen) atoms. The summed E-state index contributed by atoms with van der Waals surface area (Å²) >= 11 is 0. The Kier molecular flexibility index (Phi) is 7.32. The zero-order chi connectivity index (χ0) is 20.7. The Labute approximate surface area is 163 Å². The molecule has 2 aromatic rings. The van der Waals surface area contributed by atoms with Crippen LogP contribution >= 0.6 is 0 Å². The number of nitro benzene ring substituents is 1. The number of nitrogens with one attached hydrogen (secondary N) is 2. The van der Waals surface area contributed by atoms with E-state index in [0.717, 1.165) is 11.6 Å². The van der Waals surface area contributed by atoms with Crippen molar-refractivity contribution in [1.29, 1.82) is 0 Å². The van der Waals surface area contributed by atoms with Gasteiger partial charge < -0.3 is 14.8 Å². The number of sulfonamides is 1. The normalized spacial score (nSPS) is 12.4. The minimum atomic E-state index is -3.91. The fourth-order valence-corrected chi connectivity index (χ4v) is 3.78. The lowest BCUT2D eigenvalue weighted by molar-refractivity contribution is -0.384. The third-order valence-corrected chi connectivity index (χ3v) is 5.48. The molecule has 0 aromatic heterocycles. The molecule has 0 bridgehead atoms. The second-order valence-electron chi connectivity index (χ2n) is 6.12. The van der Waals surface area contributed by atoms with Crippen molar-refractivity contribution in [3.63, 3.8) is 0 Å². The van der Waals surface area contributed by atoms with Gasteiger partial charge in [0.1, 0.15) is 11.4 Å². The zero-order valence-corrected chi connectivity index (χ0v) is 16.7. The largest absolute Gasteiger partial charge is 0.497 e. The molecular weight excluding hydrogens is 386 g/mol. The first-order valence-corrected chi connectivity index (χ1v) is 9.91. The van der Waals surface area contributed by atoms with Crippen LogP contribution < -0.4 is 14.8 Å². The van der Waals surface area contributed by atoms with Gasteiger partial charge in [-0.3, -0.25) is 10.1 Å². The van der Waals surface area contributed by atoms with Crippen LogP contribution in [0.4, 0.5) is 11.4 Å². The highest BCUT2D eigenvalue weighted by Crippen LogP contribution is 2.28. The number of hydrogen-bond donors (Lipinski definition) is 2. The second kappa shape index (κ2) is 9.49. The summed E-state index contributed by atoms with van der Waals surface area (Å²) in [6.45, 7) is 2.16. The van der Waals surface area contributed by atoms with E-state index in [1.807, 2.05) is 12.1 Å². The summed E-state index contributed by atoms with van der Waals surface area (Å²) < 4.78 is 37.3. The fourth-order valence-electron chi connectivity index (χ4n) is 2.54. The maximum absolute atomic E-state index is 12.4. The van der Waals surface area contributed by atoms with Crippen molar-refractivity contribution < 1.29 is 22.8 Å². The van der Waals surface area contributed by atoms with Crippen molar-refractivity contribution >= 4 is 21.4 Å². The minimum absolute atomic E-state index is 0.183. The average molecular weight is 409 g/mol. The van der Waals surface area contributed by atoms with Gasteiger partial charge in [0.25, 0.3) is 5.69 Å². The van der Waals surface area contributed by atoms with Gasteiger partial charge in [-0.1, -0.05) is 12.1 Å². The lowest BCUT2D eigenvalue weighted by atomic mass is 10.2. The second-order valence-corrected chi connectivity index (χ2v) is 7.83. The molecule has 2 aromatic carbocycles. The summed E-state index contributed by atoms with van der Waals surface area (Å²) in [4.78, 5) is 10.6. The number of rotatable bonds is 10. The predicted molar refractivity (Wildman–Crippen MR) is 105 cm³/mol. The number of nitro groups is 1.